The van der Waals surface area contributed by atoms with E-state index in [1.807, 2.05) is 20.8 Å². The van der Waals surface area contributed by atoms with Gasteiger partial charge in [-0.15, -0.1) is 0 Å². The highest BCUT2D eigenvalue weighted by Crippen LogP contribution is 2.37. The summed E-state index contributed by atoms with van der Waals surface area (Å²) in [4.78, 5) is 1.70. The molecule has 0 bridgehead atoms. The van der Waals surface area contributed by atoms with E-state index in [0.717, 1.165) is 12.8 Å². The van der Waals surface area contributed by atoms with Crippen LogP contribution < -0.4 is 0 Å². The largest absolute Gasteiger partial charge is 0.404 e. The van der Waals surface area contributed by atoms with Gasteiger partial charge in [-0.25, -0.2) is 0 Å². The molecule has 1 fully saturated rings. The third kappa shape index (κ3) is 4.15. The summed E-state index contributed by atoms with van der Waals surface area (Å²) < 4.78 is 39.8. The van der Waals surface area contributed by atoms with Gasteiger partial charge < -0.3 is 0 Å². The van der Waals surface area contributed by atoms with E-state index in [0.29, 0.717) is 12.5 Å². The summed E-state index contributed by atoms with van der Waals surface area (Å²) in [6, 6.07) is -1.34. The van der Waals surface area contributed by atoms with Gasteiger partial charge in [0.1, 0.15) is 6.04 Å². The van der Waals surface area contributed by atoms with Crippen molar-refractivity contribution in [2.45, 2.75) is 65.7 Å². The van der Waals surface area contributed by atoms with Gasteiger partial charge in [0.25, 0.3) is 0 Å². The first-order valence-corrected chi connectivity index (χ1v) is 6.97. The SMILES string of the molecule is CC(C)[C@H](N(CC1CC1)[C@@H](C)C(C)C)C(F)(F)F. The summed E-state index contributed by atoms with van der Waals surface area (Å²) in [5, 5.41) is 0. The van der Waals surface area contributed by atoms with Crippen molar-refractivity contribution in [2.24, 2.45) is 17.8 Å². The zero-order valence-corrected chi connectivity index (χ0v) is 12.1. The Morgan fingerprint density at radius 3 is 1.78 bits per heavy atom. The highest BCUT2D eigenvalue weighted by Gasteiger charge is 2.48. The lowest BCUT2D eigenvalue weighted by molar-refractivity contribution is -0.203. The van der Waals surface area contributed by atoms with Crippen LogP contribution in [0.2, 0.25) is 0 Å². The molecule has 1 aliphatic rings. The quantitative estimate of drug-likeness (QED) is 0.691. The normalized spacial score (nSPS) is 20.8. The third-order valence-electron chi connectivity index (χ3n) is 3.98. The first kappa shape index (κ1) is 15.8. The minimum atomic E-state index is -4.13. The maximum absolute atomic E-state index is 13.3. The van der Waals surface area contributed by atoms with E-state index >= 15 is 0 Å². The van der Waals surface area contributed by atoms with Gasteiger partial charge in [-0.3, -0.25) is 4.90 Å². The first-order chi connectivity index (χ1) is 8.14. The highest BCUT2D eigenvalue weighted by molar-refractivity contribution is 4.89. The van der Waals surface area contributed by atoms with Crippen molar-refractivity contribution in [1.82, 2.24) is 4.90 Å². The second-order valence-corrected chi connectivity index (χ2v) is 6.36. The molecule has 1 aliphatic carbocycles. The molecule has 0 heterocycles. The van der Waals surface area contributed by atoms with Gasteiger partial charge in [-0.05, 0) is 37.5 Å². The molecular formula is C14H26F3N. The van der Waals surface area contributed by atoms with Crippen molar-refractivity contribution in [3.05, 3.63) is 0 Å². The minimum absolute atomic E-state index is 0.0281. The molecule has 18 heavy (non-hydrogen) atoms. The van der Waals surface area contributed by atoms with Crippen molar-refractivity contribution >= 4 is 0 Å². The fraction of sp³-hybridized carbons (Fsp3) is 1.00. The molecule has 0 aromatic rings. The fourth-order valence-corrected chi connectivity index (χ4v) is 2.46. The molecule has 1 saturated carbocycles. The summed E-state index contributed by atoms with van der Waals surface area (Å²) in [6.07, 6.45) is -1.96. The Labute approximate surface area is 109 Å². The Bertz CT molecular complexity index is 256. The van der Waals surface area contributed by atoms with Gasteiger partial charge in [0, 0.05) is 12.6 Å². The molecule has 0 spiro atoms. The number of hydrogen-bond acceptors (Lipinski definition) is 1. The molecular weight excluding hydrogens is 239 g/mol. The monoisotopic (exact) mass is 265 g/mol. The first-order valence-electron chi connectivity index (χ1n) is 6.97. The molecule has 0 N–H and O–H groups in total. The summed E-state index contributed by atoms with van der Waals surface area (Å²) >= 11 is 0. The second kappa shape index (κ2) is 5.81. The lowest BCUT2D eigenvalue weighted by atomic mass is 9.95. The standard InChI is InChI=1S/C14H26F3N/c1-9(2)11(5)18(8-12-6-7-12)13(10(3)4)14(15,16)17/h9-13H,6-8H2,1-5H3/t11-,13-/m0/s1. The Hall–Kier alpha value is -0.250. The van der Waals surface area contributed by atoms with Crippen molar-refractivity contribution in [3.8, 4) is 0 Å². The van der Waals surface area contributed by atoms with Gasteiger partial charge >= 0.3 is 6.18 Å². The number of alkyl halides is 3. The molecule has 2 atom stereocenters. The number of rotatable bonds is 6. The van der Waals surface area contributed by atoms with E-state index < -0.39 is 18.1 Å². The molecule has 4 heteroatoms. The Kier molecular flexibility index (Phi) is 5.10. The summed E-state index contributed by atoms with van der Waals surface area (Å²) in [7, 11) is 0. The second-order valence-electron chi connectivity index (χ2n) is 6.36. The zero-order valence-electron chi connectivity index (χ0n) is 12.1. The lowest BCUT2D eigenvalue weighted by Crippen LogP contribution is -2.54. The van der Waals surface area contributed by atoms with Crippen LogP contribution in [0.3, 0.4) is 0 Å². The summed E-state index contributed by atoms with van der Waals surface area (Å²) in [5.41, 5.74) is 0. The van der Waals surface area contributed by atoms with Crippen LogP contribution >= 0.6 is 0 Å². The van der Waals surface area contributed by atoms with Gasteiger partial charge in [-0.1, -0.05) is 27.7 Å². The van der Waals surface area contributed by atoms with Crippen molar-refractivity contribution in [1.29, 1.82) is 0 Å². The number of halogens is 3. The van der Waals surface area contributed by atoms with Gasteiger partial charge in [-0.2, -0.15) is 13.2 Å². The molecule has 1 nitrogen and oxygen atoms in total. The van der Waals surface area contributed by atoms with Crippen LogP contribution in [0.1, 0.15) is 47.5 Å². The average molecular weight is 265 g/mol. The van der Waals surface area contributed by atoms with Gasteiger partial charge in [0.2, 0.25) is 0 Å². The van der Waals surface area contributed by atoms with E-state index in [-0.39, 0.29) is 12.0 Å². The van der Waals surface area contributed by atoms with Crippen LogP contribution in [0, 0.1) is 17.8 Å². The lowest BCUT2D eigenvalue weighted by Gasteiger charge is -2.41. The molecule has 0 saturated heterocycles. The Balaban J connectivity index is 2.89. The smallest absolute Gasteiger partial charge is 0.289 e. The Morgan fingerprint density at radius 2 is 1.50 bits per heavy atom. The molecule has 0 amide bonds. The van der Waals surface area contributed by atoms with Crippen molar-refractivity contribution < 1.29 is 13.2 Å². The van der Waals surface area contributed by atoms with E-state index in [9.17, 15) is 13.2 Å². The summed E-state index contributed by atoms with van der Waals surface area (Å²) in [6.45, 7) is 9.86. The molecule has 1 rings (SSSR count). The van der Waals surface area contributed by atoms with Crippen LogP contribution in [0.5, 0.6) is 0 Å². The molecule has 0 aliphatic heterocycles. The van der Waals surface area contributed by atoms with E-state index in [1.54, 1.807) is 18.7 Å². The minimum Gasteiger partial charge on any atom is -0.289 e. The maximum atomic E-state index is 13.3. The van der Waals surface area contributed by atoms with E-state index in [4.69, 9.17) is 0 Å². The molecule has 0 radical (unpaired) electrons. The predicted octanol–water partition coefficient (Wildman–Crippen LogP) is 4.33. The molecule has 0 aromatic heterocycles. The van der Waals surface area contributed by atoms with Gasteiger partial charge in [0.05, 0.1) is 0 Å². The summed E-state index contributed by atoms with van der Waals surface area (Å²) in [5.74, 6) is 0.326. The Morgan fingerprint density at radius 1 is 1.00 bits per heavy atom. The van der Waals surface area contributed by atoms with Gasteiger partial charge in [0.15, 0.2) is 0 Å². The van der Waals surface area contributed by atoms with Crippen molar-refractivity contribution in [2.75, 3.05) is 6.54 Å². The molecule has 0 aromatic carbocycles. The highest BCUT2D eigenvalue weighted by atomic mass is 19.4. The number of hydrogen-bond donors (Lipinski definition) is 0. The topological polar surface area (TPSA) is 3.24 Å². The molecule has 108 valence electrons. The average Bonchev–Trinajstić information content (AvgIpc) is 2.96. The number of nitrogens with zero attached hydrogens (tertiary/aromatic N) is 1. The zero-order chi connectivity index (χ0) is 14.1. The predicted molar refractivity (Wildman–Crippen MR) is 68.4 cm³/mol. The van der Waals surface area contributed by atoms with Crippen LogP contribution in [0.25, 0.3) is 0 Å². The van der Waals surface area contributed by atoms with Crippen molar-refractivity contribution in [3.63, 3.8) is 0 Å². The maximum Gasteiger partial charge on any atom is 0.404 e. The van der Waals surface area contributed by atoms with E-state index in [2.05, 4.69) is 0 Å². The molecule has 0 unspecified atom stereocenters. The van der Waals surface area contributed by atoms with Crippen LogP contribution in [-0.2, 0) is 0 Å². The van der Waals surface area contributed by atoms with Crippen LogP contribution in [-0.4, -0.2) is 29.7 Å². The fourth-order valence-electron chi connectivity index (χ4n) is 2.46. The van der Waals surface area contributed by atoms with E-state index in [1.165, 1.54) is 0 Å². The van der Waals surface area contributed by atoms with Crippen LogP contribution in [0.4, 0.5) is 13.2 Å². The third-order valence-corrected chi connectivity index (χ3v) is 3.98. The van der Waals surface area contributed by atoms with Crippen LogP contribution in [0.15, 0.2) is 0 Å².